The third kappa shape index (κ3) is 2.99. The second-order valence-corrected chi connectivity index (χ2v) is 4.47. The number of hydrogen-bond acceptors (Lipinski definition) is 3. The van der Waals surface area contributed by atoms with Crippen molar-refractivity contribution < 1.29 is 4.79 Å². The van der Waals surface area contributed by atoms with Crippen molar-refractivity contribution in [2.24, 2.45) is 5.73 Å². The average Bonchev–Trinajstić information content (AvgIpc) is 2.39. The first-order valence-electron chi connectivity index (χ1n) is 6.00. The monoisotopic (exact) mass is 244 g/mol. The second kappa shape index (κ2) is 5.52. The highest BCUT2D eigenvalue weighted by atomic mass is 16.2. The summed E-state index contributed by atoms with van der Waals surface area (Å²) >= 11 is 0. The van der Waals surface area contributed by atoms with Crippen molar-refractivity contribution in [1.29, 1.82) is 5.26 Å². The first-order chi connectivity index (χ1) is 8.69. The lowest BCUT2D eigenvalue weighted by atomic mass is 10.1. The fourth-order valence-electron chi connectivity index (χ4n) is 2.06. The Hall–Kier alpha value is -2.06. The normalized spacial score (nSPS) is 19.1. The van der Waals surface area contributed by atoms with Gasteiger partial charge in [-0.05, 0) is 31.0 Å². The predicted molar refractivity (Wildman–Crippen MR) is 69.0 cm³/mol. The SMILES string of the molecule is N#Cc1cccc(NC(=O)N2CCC[C@@H](N)C2)c1. The standard InChI is InChI=1S/C13H16N4O/c14-8-10-3-1-5-12(7-10)16-13(18)17-6-2-4-11(15)9-17/h1,3,5,7,11H,2,4,6,9,15H2,(H,16,18)/t11-/m1/s1. The zero-order valence-electron chi connectivity index (χ0n) is 10.1. The third-order valence-electron chi connectivity index (χ3n) is 2.99. The van der Waals surface area contributed by atoms with Gasteiger partial charge in [-0.2, -0.15) is 5.26 Å². The smallest absolute Gasteiger partial charge is 0.321 e. The number of nitrogens with zero attached hydrogens (tertiary/aromatic N) is 2. The number of nitrogens with two attached hydrogens (primary N) is 1. The summed E-state index contributed by atoms with van der Waals surface area (Å²) in [5.41, 5.74) is 7.01. The van der Waals surface area contributed by atoms with Crippen molar-refractivity contribution in [2.45, 2.75) is 18.9 Å². The summed E-state index contributed by atoms with van der Waals surface area (Å²) < 4.78 is 0. The first kappa shape index (κ1) is 12.4. The Bertz CT molecular complexity index is 480. The zero-order valence-corrected chi connectivity index (χ0v) is 10.1. The molecule has 18 heavy (non-hydrogen) atoms. The Morgan fingerprint density at radius 1 is 1.56 bits per heavy atom. The van der Waals surface area contributed by atoms with E-state index in [4.69, 9.17) is 11.0 Å². The molecule has 94 valence electrons. The van der Waals surface area contributed by atoms with Crippen molar-refractivity contribution in [3.8, 4) is 6.07 Å². The van der Waals surface area contributed by atoms with Crippen LogP contribution >= 0.6 is 0 Å². The van der Waals surface area contributed by atoms with Gasteiger partial charge >= 0.3 is 6.03 Å². The van der Waals surface area contributed by atoms with Crippen LogP contribution in [0.25, 0.3) is 0 Å². The highest BCUT2D eigenvalue weighted by molar-refractivity contribution is 5.89. The quantitative estimate of drug-likeness (QED) is 0.785. The van der Waals surface area contributed by atoms with Gasteiger partial charge in [0, 0.05) is 24.8 Å². The van der Waals surface area contributed by atoms with Gasteiger partial charge in [-0.25, -0.2) is 4.79 Å². The molecule has 1 saturated heterocycles. The number of nitrogens with one attached hydrogen (secondary N) is 1. The summed E-state index contributed by atoms with van der Waals surface area (Å²) in [7, 11) is 0. The molecule has 1 aromatic carbocycles. The maximum Gasteiger partial charge on any atom is 0.321 e. The van der Waals surface area contributed by atoms with Crippen LogP contribution in [-0.2, 0) is 0 Å². The van der Waals surface area contributed by atoms with Crippen molar-refractivity contribution in [2.75, 3.05) is 18.4 Å². The number of amides is 2. The van der Waals surface area contributed by atoms with Crippen molar-refractivity contribution >= 4 is 11.7 Å². The van der Waals surface area contributed by atoms with Crippen molar-refractivity contribution in [3.05, 3.63) is 29.8 Å². The number of carbonyl (C=O) groups is 1. The van der Waals surface area contributed by atoms with E-state index in [1.54, 1.807) is 29.2 Å². The Labute approximate surface area is 106 Å². The molecule has 0 unspecified atom stereocenters. The van der Waals surface area contributed by atoms with Crippen LogP contribution in [0.3, 0.4) is 0 Å². The molecular weight excluding hydrogens is 228 g/mol. The van der Waals surface area contributed by atoms with Gasteiger partial charge in [0.1, 0.15) is 0 Å². The van der Waals surface area contributed by atoms with E-state index in [0.29, 0.717) is 17.8 Å². The van der Waals surface area contributed by atoms with Crippen LogP contribution in [0.5, 0.6) is 0 Å². The van der Waals surface area contributed by atoms with Crippen LogP contribution in [0, 0.1) is 11.3 Å². The summed E-state index contributed by atoms with van der Waals surface area (Å²) in [6.07, 6.45) is 1.90. The molecular formula is C13H16N4O. The first-order valence-corrected chi connectivity index (χ1v) is 6.00. The van der Waals surface area contributed by atoms with Gasteiger partial charge < -0.3 is 16.0 Å². The molecule has 0 aromatic heterocycles. The van der Waals surface area contributed by atoms with E-state index in [1.807, 2.05) is 6.07 Å². The van der Waals surface area contributed by atoms with E-state index in [-0.39, 0.29) is 12.1 Å². The topological polar surface area (TPSA) is 82.2 Å². The molecule has 2 amide bonds. The third-order valence-corrected chi connectivity index (χ3v) is 2.99. The lowest BCUT2D eigenvalue weighted by Crippen LogP contribution is -2.47. The van der Waals surface area contributed by atoms with Crippen LogP contribution in [0.4, 0.5) is 10.5 Å². The van der Waals surface area contributed by atoms with E-state index in [9.17, 15) is 4.79 Å². The van der Waals surface area contributed by atoms with Gasteiger partial charge in [-0.15, -0.1) is 0 Å². The highest BCUT2D eigenvalue weighted by Gasteiger charge is 2.21. The molecule has 1 aliphatic rings. The largest absolute Gasteiger partial charge is 0.326 e. The molecule has 0 saturated carbocycles. The van der Waals surface area contributed by atoms with Crippen molar-refractivity contribution in [1.82, 2.24) is 4.90 Å². The van der Waals surface area contributed by atoms with Crippen LogP contribution in [0.2, 0.25) is 0 Å². The van der Waals surface area contributed by atoms with E-state index in [1.165, 1.54) is 0 Å². The minimum atomic E-state index is -0.153. The van der Waals surface area contributed by atoms with Gasteiger partial charge in [0.25, 0.3) is 0 Å². The Balaban J connectivity index is 2.00. The Morgan fingerprint density at radius 2 is 2.39 bits per heavy atom. The molecule has 3 N–H and O–H groups in total. The molecule has 1 heterocycles. The average molecular weight is 244 g/mol. The summed E-state index contributed by atoms with van der Waals surface area (Å²) in [6.45, 7) is 1.32. The van der Waals surface area contributed by atoms with E-state index in [0.717, 1.165) is 19.4 Å². The molecule has 0 radical (unpaired) electrons. The minimum absolute atomic E-state index is 0.0648. The number of rotatable bonds is 1. The number of nitriles is 1. The number of urea groups is 1. The van der Waals surface area contributed by atoms with E-state index >= 15 is 0 Å². The lowest BCUT2D eigenvalue weighted by molar-refractivity contribution is 0.193. The lowest BCUT2D eigenvalue weighted by Gasteiger charge is -2.30. The van der Waals surface area contributed by atoms with Crippen LogP contribution in [-0.4, -0.2) is 30.1 Å². The summed E-state index contributed by atoms with van der Waals surface area (Å²) in [4.78, 5) is 13.7. The summed E-state index contributed by atoms with van der Waals surface area (Å²) in [5.74, 6) is 0. The molecule has 0 aliphatic carbocycles. The number of piperidine rings is 1. The Morgan fingerprint density at radius 3 is 3.11 bits per heavy atom. The molecule has 0 bridgehead atoms. The van der Waals surface area contributed by atoms with Gasteiger partial charge in [0.15, 0.2) is 0 Å². The van der Waals surface area contributed by atoms with Crippen LogP contribution in [0.1, 0.15) is 18.4 Å². The fraction of sp³-hybridized carbons (Fsp3) is 0.385. The Kier molecular flexibility index (Phi) is 3.80. The van der Waals surface area contributed by atoms with Gasteiger partial charge in [-0.1, -0.05) is 6.07 Å². The maximum atomic E-state index is 12.0. The number of carbonyl (C=O) groups excluding carboxylic acids is 1. The van der Waals surface area contributed by atoms with Gasteiger partial charge in [0.05, 0.1) is 11.6 Å². The molecule has 2 rings (SSSR count). The zero-order chi connectivity index (χ0) is 13.0. The molecule has 1 fully saturated rings. The summed E-state index contributed by atoms with van der Waals surface area (Å²) in [6, 6.07) is 8.82. The van der Waals surface area contributed by atoms with Gasteiger partial charge in [0.2, 0.25) is 0 Å². The molecule has 1 aliphatic heterocycles. The highest BCUT2D eigenvalue weighted by Crippen LogP contribution is 2.13. The van der Waals surface area contributed by atoms with E-state index in [2.05, 4.69) is 5.32 Å². The number of anilines is 1. The maximum absolute atomic E-state index is 12.0. The van der Waals surface area contributed by atoms with Crippen molar-refractivity contribution in [3.63, 3.8) is 0 Å². The van der Waals surface area contributed by atoms with E-state index < -0.39 is 0 Å². The molecule has 5 nitrogen and oxygen atoms in total. The fourth-order valence-corrected chi connectivity index (χ4v) is 2.06. The molecule has 1 atom stereocenters. The molecule has 0 spiro atoms. The molecule has 1 aromatic rings. The van der Waals surface area contributed by atoms with Crippen LogP contribution in [0.15, 0.2) is 24.3 Å². The molecule has 5 heteroatoms. The number of hydrogen-bond donors (Lipinski definition) is 2. The van der Waals surface area contributed by atoms with Crippen LogP contribution < -0.4 is 11.1 Å². The second-order valence-electron chi connectivity index (χ2n) is 4.47. The summed E-state index contributed by atoms with van der Waals surface area (Å²) in [5, 5.41) is 11.6. The minimum Gasteiger partial charge on any atom is -0.326 e. The number of likely N-dealkylation sites (tertiary alicyclic amines) is 1. The predicted octanol–water partition coefficient (Wildman–Crippen LogP) is 1.51. The number of benzene rings is 1. The van der Waals surface area contributed by atoms with Gasteiger partial charge in [-0.3, -0.25) is 0 Å².